The van der Waals surface area contributed by atoms with Crippen LogP contribution in [-0.2, 0) is 28.3 Å². The molecule has 1 amide bonds. The minimum Gasteiger partial charge on any atom is -0.495 e. The highest BCUT2D eigenvalue weighted by Gasteiger charge is 2.38. The van der Waals surface area contributed by atoms with Gasteiger partial charge in [0.1, 0.15) is 11.8 Å². The summed E-state index contributed by atoms with van der Waals surface area (Å²) in [6.07, 6.45) is -10.5. The van der Waals surface area contributed by atoms with Crippen molar-refractivity contribution in [3.8, 4) is 5.75 Å². The first kappa shape index (κ1) is 25.3. The van der Waals surface area contributed by atoms with Gasteiger partial charge in [0.15, 0.2) is 0 Å². The second-order valence-corrected chi connectivity index (χ2v) is 6.92. The summed E-state index contributed by atoms with van der Waals surface area (Å²) in [5.41, 5.74) is -3.82. The predicted molar refractivity (Wildman–Crippen MR) is 101 cm³/mol. The zero-order valence-electron chi connectivity index (χ0n) is 16.5. The van der Waals surface area contributed by atoms with Crippen LogP contribution in [0.1, 0.15) is 27.0 Å². The van der Waals surface area contributed by atoms with Gasteiger partial charge < -0.3 is 14.8 Å². The summed E-state index contributed by atoms with van der Waals surface area (Å²) in [6.45, 7) is 0. The Labute approximate surface area is 183 Å². The van der Waals surface area contributed by atoms with Gasteiger partial charge in [-0.1, -0.05) is 17.7 Å². The van der Waals surface area contributed by atoms with Crippen LogP contribution in [0.5, 0.6) is 5.75 Å². The molecule has 0 aliphatic rings. The second kappa shape index (κ2) is 9.68. The first-order valence-electron chi connectivity index (χ1n) is 8.77. The van der Waals surface area contributed by atoms with Crippen molar-refractivity contribution in [2.45, 2.75) is 24.8 Å². The highest BCUT2D eigenvalue weighted by atomic mass is 35.5. The van der Waals surface area contributed by atoms with E-state index in [2.05, 4.69) is 10.1 Å². The van der Waals surface area contributed by atoms with Gasteiger partial charge in [0.2, 0.25) is 0 Å². The molecule has 0 radical (unpaired) electrons. The van der Waals surface area contributed by atoms with Gasteiger partial charge in [-0.05, 0) is 35.9 Å². The summed E-state index contributed by atoms with van der Waals surface area (Å²) >= 11 is 6.01. The van der Waals surface area contributed by atoms with E-state index < -0.39 is 47.0 Å². The summed E-state index contributed by atoms with van der Waals surface area (Å²) in [5.74, 6) is -1.96. The standard InChI is InChI=1S/C20H16ClF6NO4/c1-31-16-4-3-10(5-14(16)21)6-15(18(30)32-2)28-17(29)11-7-12(19(22,23)24)9-13(8-11)20(25,26)27/h3-5,7-9,15H,6H2,1-2H3,(H,28,29)/t15-/m0/s1. The average molecular weight is 484 g/mol. The normalized spacial score (nSPS) is 12.8. The lowest BCUT2D eigenvalue weighted by Gasteiger charge is -2.18. The van der Waals surface area contributed by atoms with Crippen LogP contribution in [0.3, 0.4) is 0 Å². The van der Waals surface area contributed by atoms with Crippen molar-refractivity contribution < 1.29 is 45.4 Å². The molecule has 2 rings (SSSR count). The molecule has 0 aliphatic carbocycles. The number of nitrogens with one attached hydrogen (secondary N) is 1. The molecule has 0 spiro atoms. The van der Waals surface area contributed by atoms with Crippen molar-refractivity contribution in [1.29, 1.82) is 0 Å². The van der Waals surface area contributed by atoms with Crippen molar-refractivity contribution in [2.24, 2.45) is 0 Å². The summed E-state index contributed by atoms with van der Waals surface area (Å²) in [6, 6.07) is 3.44. The van der Waals surface area contributed by atoms with Gasteiger partial charge in [0.05, 0.1) is 30.4 Å². The Morgan fingerprint density at radius 2 is 1.53 bits per heavy atom. The minimum atomic E-state index is -5.13. The van der Waals surface area contributed by atoms with Crippen LogP contribution in [0.25, 0.3) is 0 Å². The first-order valence-corrected chi connectivity index (χ1v) is 9.14. The van der Waals surface area contributed by atoms with E-state index in [1.54, 1.807) is 0 Å². The molecule has 0 saturated carbocycles. The number of alkyl halides is 6. The lowest BCUT2D eigenvalue weighted by molar-refractivity contribution is -0.144. The van der Waals surface area contributed by atoms with Crippen molar-refractivity contribution in [1.82, 2.24) is 5.32 Å². The molecule has 0 aliphatic heterocycles. The maximum atomic E-state index is 13.0. The summed E-state index contributed by atoms with van der Waals surface area (Å²) < 4.78 is 87.8. The molecule has 0 heterocycles. The van der Waals surface area contributed by atoms with E-state index in [0.29, 0.717) is 11.3 Å². The molecule has 1 atom stereocenters. The molecule has 5 nitrogen and oxygen atoms in total. The Morgan fingerprint density at radius 3 is 1.97 bits per heavy atom. The van der Waals surface area contributed by atoms with Gasteiger partial charge in [-0.15, -0.1) is 0 Å². The number of halogens is 7. The molecule has 1 N–H and O–H groups in total. The largest absolute Gasteiger partial charge is 0.495 e. The molecule has 0 aromatic heterocycles. The molecular formula is C20H16ClF6NO4. The number of esters is 1. The number of amides is 1. The molecule has 0 unspecified atom stereocenters. The Hall–Kier alpha value is -2.95. The van der Waals surface area contributed by atoms with E-state index in [1.165, 1.54) is 25.3 Å². The van der Waals surface area contributed by atoms with E-state index in [0.717, 1.165) is 7.11 Å². The third-order valence-electron chi connectivity index (χ3n) is 4.30. The van der Waals surface area contributed by atoms with E-state index in [-0.39, 0.29) is 29.6 Å². The average Bonchev–Trinajstić information content (AvgIpc) is 2.71. The summed E-state index contributed by atoms with van der Waals surface area (Å²) in [5, 5.41) is 2.30. The Bertz CT molecular complexity index is 974. The monoisotopic (exact) mass is 483 g/mol. The van der Waals surface area contributed by atoms with E-state index in [4.69, 9.17) is 16.3 Å². The van der Waals surface area contributed by atoms with Crippen molar-refractivity contribution >= 4 is 23.5 Å². The molecule has 12 heteroatoms. The fourth-order valence-corrected chi connectivity index (χ4v) is 3.02. The SMILES string of the molecule is COC(=O)[C@H](Cc1ccc(OC)c(Cl)c1)NC(=O)c1cc(C(F)(F)F)cc(C(F)(F)F)c1. The zero-order chi connectivity index (χ0) is 24.3. The Kier molecular flexibility index (Phi) is 7.66. The molecule has 0 bridgehead atoms. The number of hydrogen-bond acceptors (Lipinski definition) is 4. The summed E-state index contributed by atoms with van der Waals surface area (Å²) in [7, 11) is 2.39. The lowest BCUT2D eigenvalue weighted by Crippen LogP contribution is -2.43. The van der Waals surface area contributed by atoms with E-state index >= 15 is 0 Å². The van der Waals surface area contributed by atoms with Crippen LogP contribution >= 0.6 is 11.6 Å². The molecule has 32 heavy (non-hydrogen) atoms. The van der Waals surface area contributed by atoms with Crippen LogP contribution in [0.4, 0.5) is 26.3 Å². The van der Waals surface area contributed by atoms with Crippen LogP contribution in [0.15, 0.2) is 36.4 Å². The van der Waals surface area contributed by atoms with Crippen molar-refractivity contribution in [3.05, 3.63) is 63.7 Å². The maximum absolute atomic E-state index is 13.0. The van der Waals surface area contributed by atoms with Gasteiger partial charge in [0.25, 0.3) is 5.91 Å². The smallest absolute Gasteiger partial charge is 0.416 e. The summed E-state index contributed by atoms with van der Waals surface area (Å²) in [4.78, 5) is 24.6. The molecule has 2 aromatic carbocycles. The first-order chi connectivity index (χ1) is 14.8. The topological polar surface area (TPSA) is 64.6 Å². The number of ether oxygens (including phenoxy) is 2. The number of benzene rings is 2. The quantitative estimate of drug-likeness (QED) is 0.469. The van der Waals surface area contributed by atoms with Crippen LogP contribution in [0.2, 0.25) is 5.02 Å². The fraction of sp³-hybridized carbons (Fsp3) is 0.300. The number of carbonyl (C=O) groups is 2. The van der Waals surface area contributed by atoms with Crippen LogP contribution in [0, 0.1) is 0 Å². The Morgan fingerprint density at radius 1 is 0.969 bits per heavy atom. The van der Waals surface area contributed by atoms with Crippen LogP contribution in [-0.4, -0.2) is 32.1 Å². The third-order valence-corrected chi connectivity index (χ3v) is 4.59. The molecule has 2 aromatic rings. The number of methoxy groups -OCH3 is 2. The molecule has 174 valence electrons. The lowest BCUT2D eigenvalue weighted by atomic mass is 10.0. The minimum absolute atomic E-state index is 0.103. The van der Waals surface area contributed by atoms with Gasteiger partial charge in [-0.25, -0.2) is 4.79 Å². The number of carbonyl (C=O) groups excluding carboxylic acids is 2. The molecule has 0 saturated heterocycles. The Balaban J connectivity index is 2.37. The molecular weight excluding hydrogens is 468 g/mol. The highest BCUT2D eigenvalue weighted by molar-refractivity contribution is 6.32. The highest BCUT2D eigenvalue weighted by Crippen LogP contribution is 2.36. The van der Waals surface area contributed by atoms with Gasteiger partial charge in [0, 0.05) is 12.0 Å². The van der Waals surface area contributed by atoms with Gasteiger partial charge >= 0.3 is 18.3 Å². The molecule has 0 fully saturated rings. The maximum Gasteiger partial charge on any atom is 0.416 e. The predicted octanol–water partition coefficient (Wildman–Crippen LogP) is 4.90. The van der Waals surface area contributed by atoms with Crippen molar-refractivity contribution in [2.75, 3.05) is 14.2 Å². The van der Waals surface area contributed by atoms with E-state index in [1.807, 2.05) is 0 Å². The number of rotatable bonds is 6. The third kappa shape index (κ3) is 6.28. The number of hydrogen-bond donors (Lipinski definition) is 1. The van der Waals surface area contributed by atoms with Crippen LogP contribution < -0.4 is 10.1 Å². The second-order valence-electron chi connectivity index (χ2n) is 6.52. The van der Waals surface area contributed by atoms with Crippen molar-refractivity contribution in [3.63, 3.8) is 0 Å². The fourth-order valence-electron chi connectivity index (χ4n) is 2.74. The van der Waals surface area contributed by atoms with E-state index in [9.17, 15) is 35.9 Å². The van der Waals surface area contributed by atoms with Gasteiger partial charge in [-0.3, -0.25) is 4.79 Å². The van der Waals surface area contributed by atoms with Gasteiger partial charge in [-0.2, -0.15) is 26.3 Å². The zero-order valence-corrected chi connectivity index (χ0v) is 17.3.